The molecular weight excluding hydrogens is 444 g/mol. The lowest BCUT2D eigenvalue weighted by molar-refractivity contribution is -0.113. The summed E-state index contributed by atoms with van der Waals surface area (Å²) in [6.07, 6.45) is 1.28. The summed E-state index contributed by atoms with van der Waals surface area (Å²) in [5.41, 5.74) is 3.20. The van der Waals surface area contributed by atoms with Gasteiger partial charge in [-0.3, -0.25) is 9.10 Å². The average Bonchev–Trinajstić information content (AvgIpc) is 2.72. The standard InChI is InChI=1S/C20H17ClN4O3S2/c1-12-3-6-14(7-4-12)23-18(26)11-29-20-22-10-17-19(24-20)15-8-5-13(21)9-16(15)25(2)30(17,27)28/h3-10H,11H2,1-2H3,(H,23,26). The topological polar surface area (TPSA) is 92.3 Å². The number of benzene rings is 2. The molecule has 1 aliphatic heterocycles. The third kappa shape index (κ3) is 3.88. The van der Waals surface area contributed by atoms with Gasteiger partial charge in [-0.25, -0.2) is 18.4 Å². The van der Waals surface area contributed by atoms with Gasteiger partial charge in [0.2, 0.25) is 5.91 Å². The van der Waals surface area contributed by atoms with Crippen LogP contribution in [-0.2, 0) is 14.8 Å². The van der Waals surface area contributed by atoms with Crippen LogP contribution in [0.4, 0.5) is 11.4 Å². The number of halogens is 1. The number of thioether (sulfide) groups is 1. The van der Waals surface area contributed by atoms with Crippen molar-refractivity contribution >= 4 is 50.7 Å². The molecule has 0 aliphatic carbocycles. The van der Waals surface area contributed by atoms with Crippen molar-refractivity contribution < 1.29 is 13.2 Å². The number of hydrogen-bond acceptors (Lipinski definition) is 6. The molecule has 0 atom stereocenters. The van der Waals surface area contributed by atoms with E-state index >= 15 is 0 Å². The fourth-order valence-corrected chi connectivity index (χ4v) is 5.09. The molecule has 0 bridgehead atoms. The Kier molecular flexibility index (Phi) is 5.44. The molecule has 3 aromatic rings. The molecule has 30 heavy (non-hydrogen) atoms. The molecule has 1 amide bonds. The van der Waals surface area contributed by atoms with Crippen molar-refractivity contribution in [3.05, 3.63) is 59.2 Å². The largest absolute Gasteiger partial charge is 0.325 e. The maximum atomic E-state index is 12.8. The Labute approximate surface area is 183 Å². The van der Waals surface area contributed by atoms with Crippen LogP contribution in [0.15, 0.2) is 58.7 Å². The second-order valence-electron chi connectivity index (χ2n) is 6.70. The highest BCUT2D eigenvalue weighted by Crippen LogP contribution is 2.42. The van der Waals surface area contributed by atoms with Crippen LogP contribution in [0.1, 0.15) is 5.56 Å². The van der Waals surface area contributed by atoms with Crippen LogP contribution in [0.25, 0.3) is 11.3 Å². The molecule has 2 aromatic carbocycles. The van der Waals surface area contributed by atoms with Gasteiger partial charge >= 0.3 is 0 Å². The molecule has 4 rings (SSSR count). The van der Waals surface area contributed by atoms with Gasteiger partial charge in [-0.15, -0.1) is 0 Å². The lowest BCUT2D eigenvalue weighted by atomic mass is 10.1. The summed E-state index contributed by atoms with van der Waals surface area (Å²) < 4.78 is 26.8. The summed E-state index contributed by atoms with van der Waals surface area (Å²) in [5, 5.41) is 3.55. The molecule has 0 saturated carbocycles. The summed E-state index contributed by atoms with van der Waals surface area (Å²) in [6, 6.07) is 12.5. The number of amides is 1. The number of fused-ring (bicyclic) bond motifs is 3. The molecule has 1 N–H and O–H groups in total. The molecule has 0 fully saturated rings. The minimum absolute atomic E-state index is 0.0216. The van der Waals surface area contributed by atoms with Crippen LogP contribution in [0.5, 0.6) is 0 Å². The fraction of sp³-hybridized carbons (Fsp3) is 0.150. The second kappa shape index (κ2) is 7.90. The van der Waals surface area contributed by atoms with Crippen molar-refractivity contribution in [1.29, 1.82) is 0 Å². The zero-order chi connectivity index (χ0) is 21.5. The number of hydrogen-bond donors (Lipinski definition) is 1. The van der Waals surface area contributed by atoms with E-state index in [-0.39, 0.29) is 16.6 Å². The quantitative estimate of drug-likeness (QED) is 0.467. The molecule has 0 unspecified atom stereocenters. The van der Waals surface area contributed by atoms with Crippen LogP contribution in [-0.4, -0.2) is 37.1 Å². The molecule has 0 radical (unpaired) electrons. The highest BCUT2D eigenvalue weighted by atomic mass is 35.5. The van der Waals surface area contributed by atoms with Crippen molar-refractivity contribution in [1.82, 2.24) is 9.97 Å². The van der Waals surface area contributed by atoms with E-state index in [9.17, 15) is 13.2 Å². The fourth-order valence-electron chi connectivity index (χ4n) is 3.01. The predicted molar refractivity (Wildman–Crippen MR) is 119 cm³/mol. The average molecular weight is 461 g/mol. The summed E-state index contributed by atoms with van der Waals surface area (Å²) in [7, 11) is -2.32. The van der Waals surface area contributed by atoms with Crippen molar-refractivity contribution in [2.45, 2.75) is 17.0 Å². The second-order valence-corrected chi connectivity index (χ2v) is 10.0. The van der Waals surface area contributed by atoms with E-state index in [2.05, 4.69) is 15.3 Å². The molecule has 2 heterocycles. The summed E-state index contributed by atoms with van der Waals surface area (Å²) in [4.78, 5) is 20.8. The third-order valence-corrected chi connectivity index (χ3v) is 7.46. The molecule has 7 nitrogen and oxygen atoms in total. The Morgan fingerprint density at radius 3 is 2.67 bits per heavy atom. The number of anilines is 2. The maximum Gasteiger partial charge on any atom is 0.267 e. The van der Waals surface area contributed by atoms with E-state index in [4.69, 9.17) is 11.6 Å². The number of carbonyl (C=O) groups excluding carboxylic acids is 1. The molecule has 1 aliphatic rings. The minimum Gasteiger partial charge on any atom is -0.325 e. The Balaban J connectivity index is 1.58. The zero-order valence-electron chi connectivity index (χ0n) is 16.1. The normalized spacial score (nSPS) is 14.0. The van der Waals surface area contributed by atoms with Gasteiger partial charge in [0, 0.05) is 23.3 Å². The first-order valence-corrected chi connectivity index (χ1v) is 11.7. The molecule has 154 valence electrons. The third-order valence-electron chi connectivity index (χ3n) is 4.59. The molecular formula is C20H17ClN4O3S2. The first kappa shape index (κ1) is 20.6. The Hall–Kier alpha value is -2.62. The first-order chi connectivity index (χ1) is 14.3. The first-order valence-electron chi connectivity index (χ1n) is 8.91. The van der Waals surface area contributed by atoms with Crippen LogP contribution >= 0.6 is 23.4 Å². The van der Waals surface area contributed by atoms with Crippen molar-refractivity contribution in [3.63, 3.8) is 0 Å². The van der Waals surface area contributed by atoms with Crippen LogP contribution < -0.4 is 9.62 Å². The van der Waals surface area contributed by atoms with Gasteiger partial charge < -0.3 is 5.32 Å². The van der Waals surface area contributed by atoms with Gasteiger partial charge in [-0.1, -0.05) is 41.1 Å². The van der Waals surface area contributed by atoms with Gasteiger partial charge in [-0.2, -0.15) is 0 Å². The van der Waals surface area contributed by atoms with Crippen molar-refractivity contribution in [3.8, 4) is 11.3 Å². The molecule has 10 heteroatoms. The number of nitrogens with one attached hydrogen (secondary N) is 1. The van der Waals surface area contributed by atoms with E-state index < -0.39 is 10.0 Å². The Bertz CT molecular complexity index is 1250. The van der Waals surface area contributed by atoms with Crippen molar-refractivity contribution in [2.75, 3.05) is 22.4 Å². The maximum absolute atomic E-state index is 12.8. The van der Waals surface area contributed by atoms with Gasteiger partial charge in [0.1, 0.15) is 4.90 Å². The zero-order valence-corrected chi connectivity index (χ0v) is 18.5. The molecule has 0 saturated heterocycles. The van der Waals surface area contributed by atoms with E-state index in [1.165, 1.54) is 17.5 Å². The van der Waals surface area contributed by atoms with Crippen molar-refractivity contribution in [2.24, 2.45) is 0 Å². The lowest BCUT2D eigenvalue weighted by Gasteiger charge is -2.28. The number of nitrogens with zero attached hydrogens (tertiary/aromatic N) is 3. The van der Waals surface area contributed by atoms with Gasteiger partial charge in [-0.05, 0) is 37.3 Å². The number of aryl methyl sites for hydroxylation is 1. The summed E-state index contributed by atoms with van der Waals surface area (Å²) >= 11 is 7.18. The van der Waals surface area contributed by atoms with E-state index in [0.29, 0.717) is 32.8 Å². The summed E-state index contributed by atoms with van der Waals surface area (Å²) in [6.45, 7) is 1.97. The van der Waals surface area contributed by atoms with Crippen LogP contribution in [0, 0.1) is 6.92 Å². The number of carbonyl (C=O) groups is 1. The lowest BCUT2D eigenvalue weighted by Crippen LogP contribution is -2.31. The van der Waals surface area contributed by atoms with Crippen LogP contribution in [0.2, 0.25) is 5.02 Å². The Morgan fingerprint density at radius 2 is 1.93 bits per heavy atom. The minimum atomic E-state index is -3.78. The molecule has 1 aromatic heterocycles. The van der Waals surface area contributed by atoms with Crippen LogP contribution in [0.3, 0.4) is 0 Å². The Morgan fingerprint density at radius 1 is 1.20 bits per heavy atom. The van der Waals surface area contributed by atoms with Gasteiger partial charge in [0.25, 0.3) is 10.0 Å². The number of sulfonamides is 1. The highest BCUT2D eigenvalue weighted by Gasteiger charge is 2.34. The molecule has 0 spiro atoms. The summed E-state index contributed by atoms with van der Waals surface area (Å²) in [5.74, 6) is -0.114. The van der Waals surface area contributed by atoms with E-state index in [0.717, 1.165) is 17.3 Å². The smallest absolute Gasteiger partial charge is 0.267 e. The predicted octanol–water partition coefficient (Wildman–Crippen LogP) is 3.97. The van der Waals surface area contributed by atoms with Gasteiger partial charge in [0.15, 0.2) is 5.16 Å². The number of aromatic nitrogens is 2. The SMILES string of the molecule is Cc1ccc(NC(=O)CSc2ncc3c(n2)-c2ccc(Cl)cc2N(C)S3(=O)=O)cc1. The number of rotatable bonds is 4. The van der Waals surface area contributed by atoms with E-state index in [1.807, 2.05) is 31.2 Å². The van der Waals surface area contributed by atoms with Gasteiger partial charge in [0.05, 0.1) is 23.3 Å². The van der Waals surface area contributed by atoms with E-state index in [1.54, 1.807) is 18.2 Å². The monoisotopic (exact) mass is 460 g/mol. The highest BCUT2D eigenvalue weighted by molar-refractivity contribution is 7.99.